The Kier molecular flexibility index (Phi) is 8.76. The Morgan fingerprint density at radius 1 is 0.912 bits per heavy atom. The summed E-state index contributed by atoms with van der Waals surface area (Å²) in [5.41, 5.74) is 7.61. The third kappa shape index (κ3) is 6.07. The first-order valence-electron chi connectivity index (χ1n) is 13.1. The quantitative estimate of drug-likeness (QED) is 0.307. The fourth-order valence-corrected chi connectivity index (χ4v) is 5.45. The minimum absolute atomic E-state index is 0.817. The van der Waals surface area contributed by atoms with E-state index in [-0.39, 0.29) is 0 Å². The Morgan fingerprint density at radius 3 is 2.26 bits per heavy atom. The summed E-state index contributed by atoms with van der Waals surface area (Å²) in [7, 11) is 1.79. The number of ether oxygens (including phenoxy) is 1. The fraction of sp³-hybridized carbons (Fsp3) is 0.452. The van der Waals surface area contributed by atoms with Crippen LogP contribution in [0, 0.1) is 5.92 Å². The molecule has 0 radical (unpaired) electrons. The van der Waals surface area contributed by atoms with Crippen LogP contribution in [0.5, 0.6) is 5.75 Å². The van der Waals surface area contributed by atoms with Gasteiger partial charge in [-0.1, -0.05) is 75.2 Å². The highest BCUT2D eigenvalue weighted by Crippen LogP contribution is 2.32. The Bertz CT molecular complexity index is 1020. The largest absolute Gasteiger partial charge is 0.496 e. The highest BCUT2D eigenvalue weighted by Gasteiger charge is 2.21. The minimum Gasteiger partial charge on any atom is -0.496 e. The summed E-state index contributed by atoms with van der Waals surface area (Å²) in [5, 5.41) is 0. The zero-order chi connectivity index (χ0) is 23.8. The standard InChI is InChI=1S/C31H40N2O/c1-4-26-16-11-17-27(5-2)31(26)29-20-30(34-3)28(21-32-29)23-33(22-25-14-9-10-15-25)19-18-24-12-7-6-8-13-24/h6-8,11-13,16-17,20-21,25H,4-5,9-10,14-15,18-19,22-23H2,1-3H3. The Morgan fingerprint density at radius 2 is 1.62 bits per heavy atom. The molecule has 34 heavy (non-hydrogen) atoms. The molecule has 1 aliphatic rings. The Balaban J connectivity index is 1.57. The first-order chi connectivity index (χ1) is 16.7. The van der Waals surface area contributed by atoms with E-state index in [4.69, 9.17) is 9.72 Å². The van der Waals surface area contributed by atoms with Crippen LogP contribution < -0.4 is 4.74 Å². The van der Waals surface area contributed by atoms with Gasteiger partial charge in [-0.2, -0.15) is 0 Å². The molecule has 1 aromatic heterocycles. The monoisotopic (exact) mass is 456 g/mol. The Labute approximate surface area is 206 Å². The zero-order valence-corrected chi connectivity index (χ0v) is 21.2. The van der Waals surface area contributed by atoms with E-state index in [1.807, 2.05) is 0 Å². The van der Waals surface area contributed by atoms with Gasteiger partial charge in [-0.3, -0.25) is 9.88 Å². The van der Waals surface area contributed by atoms with Crippen molar-refractivity contribution in [3.05, 3.63) is 83.0 Å². The van der Waals surface area contributed by atoms with Crippen LogP contribution in [0.4, 0.5) is 0 Å². The lowest BCUT2D eigenvalue weighted by Gasteiger charge is -2.26. The van der Waals surface area contributed by atoms with Gasteiger partial charge >= 0.3 is 0 Å². The van der Waals surface area contributed by atoms with Gasteiger partial charge in [0.05, 0.1) is 12.8 Å². The molecule has 0 bridgehead atoms. The summed E-state index contributed by atoms with van der Waals surface area (Å²) >= 11 is 0. The lowest BCUT2D eigenvalue weighted by atomic mass is 9.94. The maximum Gasteiger partial charge on any atom is 0.127 e. The number of pyridine rings is 1. The fourth-order valence-electron chi connectivity index (χ4n) is 5.45. The van der Waals surface area contributed by atoms with E-state index in [9.17, 15) is 0 Å². The summed E-state index contributed by atoms with van der Waals surface area (Å²) in [6.45, 7) is 7.55. The summed E-state index contributed by atoms with van der Waals surface area (Å²) in [5.74, 6) is 1.77. The van der Waals surface area contributed by atoms with Crippen molar-refractivity contribution < 1.29 is 4.74 Å². The molecule has 3 nitrogen and oxygen atoms in total. The molecule has 1 aliphatic carbocycles. The average molecular weight is 457 g/mol. The average Bonchev–Trinajstić information content (AvgIpc) is 3.40. The second-order valence-corrected chi connectivity index (χ2v) is 9.66. The van der Waals surface area contributed by atoms with Crippen LogP contribution in [0.15, 0.2) is 60.8 Å². The van der Waals surface area contributed by atoms with Gasteiger partial charge in [0, 0.05) is 43.0 Å². The third-order valence-electron chi connectivity index (χ3n) is 7.36. The van der Waals surface area contributed by atoms with Crippen LogP contribution in [-0.4, -0.2) is 30.1 Å². The second kappa shape index (κ2) is 12.2. The van der Waals surface area contributed by atoms with E-state index < -0.39 is 0 Å². The van der Waals surface area contributed by atoms with Gasteiger partial charge in [-0.25, -0.2) is 0 Å². The predicted octanol–water partition coefficient (Wildman–Crippen LogP) is 7.12. The topological polar surface area (TPSA) is 25.4 Å². The molecule has 0 aliphatic heterocycles. The highest BCUT2D eigenvalue weighted by molar-refractivity contribution is 5.69. The molecule has 3 aromatic rings. The summed E-state index contributed by atoms with van der Waals surface area (Å²) in [6, 6.07) is 19.6. The molecule has 180 valence electrons. The second-order valence-electron chi connectivity index (χ2n) is 9.66. The first-order valence-corrected chi connectivity index (χ1v) is 13.1. The number of hydrogen-bond acceptors (Lipinski definition) is 3. The molecule has 1 heterocycles. The van der Waals surface area contributed by atoms with Gasteiger partial charge in [0.2, 0.25) is 0 Å². The van der Waals surface area contributed by atoms with Gasteiger partial charge in [-0.15, -0.1) is 0 Å². The highest BCUT2D eigenvalue weighted by atomic mass is 16.5. The van der Waals surface area contributed by atoms with E-state index >= 15 is 0 Å². The first kappa shape index (κ1) is 24.5. The van der Waals surface area contributed by atoms with Crippen molar-refractivity contribution >= 4 is 0 Å². The van der Waals surface area contributed by atoms with Crippen LogP contribution in [0.25, 0.3) is 11.3 Å². The molecule has 1 saturated carbocycles. The van der Waals surface area contributed by atoms with Crippen LogP contribution in [0.3, 0.4) is 0 Å². The number of aromatic nitrogens is 1. The van der Waals surface area contributed by atoms with Gasteiger partial charge in [0.1, 0.15) is 5.75 Å². The Hall–Kier alpha value is -2.65. The number of methoxy groups -OCH3 is 1. The summed E-state index contributed by atoms with van der Waals surface area (Å²) < 4.78 is 5.92. The molecule has 4 rings (SSSR count). The molecule has 0 amide bonds. The molecule has 1 fully saturated rings. The van der Waals surface area contributed by atoms with Crippen molar-refractivity contribution in [1.82, 2.24) is 9.88 Å². The lowest BCUT2D eigenvalue weighted by molar-refractivity contribution is 0.223. The van der Waals surface area contributed by atoms with Crippen molar-refractivity contribution in [2.45, 2.75) is 65.3 Å². The normalized spacial score (nSPS) is 14.1. The van der Waals surface area contributed by atoms with Gasteiger partial charge in [0.25, 0.3) is 0 Å². The molecule has 0 saturated heterocycles. The molecular weight excluding hydrogens is 416 g/mol. The molecule has 0 spiro atoms. The SMILES string of the molecule is CCc1cccc(CC)c1-c1cc(OC)c(CN(CCc2ccccc2)CC2CCCC2)cn1. The number of rotatable bonds is 11. The molecule has 3 heteroatoms. The molecular formula is C31H40N2O. The molecule has 2 aromatic carbocycles. The van der Waals surface area contributed by atoms with E-state index in [1.165, 1.54) is 53.5 Å². The number of benzene rings is 2. The van der Waals surface area contributed by atoms with Crippen LogP contribution in [-0.2, 0) is 25.8 Å². The maximum absolute atomic E-state index is 5.92. The van der Waals surface area contributed by atoms with Crippen LogP contribution >= 0.6 is 0 Å². The van der Waals surface area contributed by atoms with Crippen molar-refractivity contribution in [2.24, 2.45) is 5.92 Å². The summed E-state index contributed by atoms with van der Waals surface area (Å²) in [4.78, 5) is 7.60. The predicted molar refractivity (Wildman–Crippen MR) is 142 cm³/mol. The smallest absolute Gasteiger partial charge is 0.127 e. The van der Waals surface area contributed by atoms with Crippen molar-refractivity contribution in [3.63, 3.8) is 0 Å². The van der Waals surface area contributed by atoms with Crippen LogP contribution in [0.2, 0.25) is 0 Å². The lowest BCUT2D eigenvalue weighted by Crippen LogP contribution is -2.30. The molecule has 0 atom stereocenters. The van der Waals surface area contributed by atoms with E-state index in [1.54, 1.807) is 7.11 Å². The number of hydrogen-bond donors (Lipinski definition) is 0. The van der Waals surface area contributed by atoms with Crippen molar-refractivity contribution in [1.29, 1.82) is 0 Å². The van der Waals surface area contributed by atoms with Crippen molar-refractivity contribution in [2.75, 3.05) is 20.2 Å². The number of aryl methyl sites for hydroxylation is 2. The van der Waals surface area contributed by atoms with Crippen molar-refractivity contribution in [3.8, 4) is 17.0 Å². The van der Waals surface area contributed by atoms with Gasteiger partial charge < -0.3 is 4.74 Å². The van der Waals surface area contributed by atoms with E-state index in [0.717, 1.165) is 56.3 Å². The molecule has 0 unspecified atom stereocenters. The van der Waals surface area contributed by atoms with E-state index in [0.29, 0.717) is 0 Å². The number of nitrogens with zero attached hydrogens (tertiary/aromatic N) is 2. The van der Waals surface area contributed by atoms with Gasteiger partial charge in [-0.05, 0) is 54.7 Å². The minimum atomic E-state index is 0.817. The van der Waals surface area contributed by atoms with Crippen LogP contribution in [0.1, 0.15) is 61.8 Å². The van der Waals surface area contributed by atoms with Gasteiger partial charge in [0.15, 0.2) is 0 Å². The zero-order valence-electron chi connectivity index (χ0n) is 21.2. The summed E-state index contributed by atoms with van der Waals surface area (Å²) in [6.07, 6.45) is 10.6. The molecule has 0 N–H and O–H groups in total. The third-order valence-corrected chi connectivity index (χ3v) is 7.36. The van der Waals surface area contributed by atoms with E-state index in [2.05, 4.69) is 79.5 Å². The maximum atomic E-state index is 5.92.